The number of hydrogen-bond donors (Lipinski definition) is 3. The number of carbonyl (C=O) groups excluding carboxylic acids is 2. The number of ether oxygens (including phenoxy) is 1. The molecule has 2 aromatic rings. The van der Waals surface area contributed by atoms with Gasteiger partial charge in [-0.25, -0.2) is 9.18 Å². The van der Waals surface area contributed by atoms with E-state index in [0.29, 0.717) is 27.0 Å². The predicted octanol–water partition coefficient (Wildman–Crippen LogP) is 6.05. The second-order valence-corrected chi connectivity index (χ2v) is 7.21. The van der Waals surface area contributed by atoms with E-state index in [9.17, 15) is 19.1 Å². The standard InChI is InChI=1S/C12H12Cl2N2O2.C8H7FO2.2C2H6/c1-12(18)5-6(2-11(15)17)16-10-4-9(14)8(13)3-7(10)12;1-11-8(10)6-3-2-4-7(9)5-6;2*1-2/h3-5,16,18H,2H2,1H3,(H2,15,17);2-5H,1H3;2*1-2H3. The van der Waals surface area contributed by atoms with Gasteiger partial charge in [0.2, 0.25) is 5.91 Å². The highest BCUT2D eigenvalue weighted by atomic mass is 35.5. The van der Waals surface area contributed by atoms with Crippen molar-refractivity contribution in [2.75, 3.05) is 12.4 Å². The molecule has 6 nitrogen and oxygen atoms in total. The monoisotopic (exact) mass is 500 g/mol. The average molecular weight is 501 g/mol. The molecule has 0 aliphatic carbocycles. The molecule has 0 bridgehead atoms. The van der Waals surface area contributed by atoms with E-state index < -0.39 is 23.3 Å². The van der Waals surface area contributed by atoms with Gasteiger partial charge < -0.3 is 20.9 Å². The van der Waals surface area contributed by atoms with Gasteiger partial charge in [0.15, 0.2) is 0 Å². The first-order valence-electron chi connectivity index (χ1n) is 10.4. The van der Waals surface area contributed by atoms with Gasteiger partial charge in [0.05, 0.1) is 29.1 Å². The normalized spacial score (nSPS) is 15.4. The van der Waals surface area contributed by atoms with Crippen molar-refractivity contribution < 1.29 is 23.8 Å². The lowest BCUT2D eigenvalue weighted by Crippen LogP contribution is -2.28. The molecular weight excluding hydrogens is 470 g/mol. The van der Waals surface area contributed by atoms with Crippen molar-refractivity contribution in [2.24, 2.45) is 5.73 Å². The van der Waals surface area contributed by atoms with Crippen LogP contribution < -0.4 is 11.1 Å². The van der Waals surface area contributed by atoms with Gasteiger partial charge in [-0.15, -0.1) is 0 Å². The van der Waals surface area contributed by atoms with Gasteiger partial charge in [0.25, 0.3) is 0 Å². The number of hydrogen-bond acceptors (Lipinski definition) is 5. The zero-order valence-electron chi connectivity index (χ0n) is 19.6. The zero-order valence-corrected chi connectivity index (χ0v) is 21.1. The maximum Gasteiger partial charge on any atom is 0.337 e. The summed E-state index contributed by atoms with van der Waals surface area (Å²) in [5.41, 5.74) is 5.90. The quantitative estimate of drug-likeness (QED) is 0.445. The molecule has 0 radical (unpaired) electrons. The number of anilines is 1. The number of halogens is 3. The largest absolute Gasteiger partial charge is 0.465 e. The third-order valence-electron chi connectivity index (χ3n) is 3.97. The molecular formula is C24H31Cl2FN2O4. The topological polar surface area (TPSA) is 102 Å². The molecule has 1 aliphatic rings. The fourth-order valence-corrected chi connectivity index (χ4v) is 3.04. The van der Waals surface area contributed by atoms with Crippen molar-refractivity contribution >= 4 is 40.8 Å². The number of fused-ring (bicyclic) bond motifs is 1. The van der Waals surface area contributed by atoms with Crippen LogP contribution in [0.25, 0.3) is 0 Å². The van der Waals surface area contributed by atoms with E-state index in [1.807, 2.05) is 27.7 Å². The number of methoxy groups -OCH3 is 1. The lowest BCUT2D eigenvalue weighted by molar-refractivity contribution is -0.117. The van der Waals surface area contributed by atoms with Crippen molar-refractivity contribution in [3.05, 3.63) is 75.2 Å². The van der Waals surface area contributed by atoms with Crippen LogP contribution in [0.3, 0.4) is 0 Å². The van der Waals surface area contributed by atoms with E-state index in [-0.39, 0.29) is 12.0 Å². The summed E-state index contributed by atoms with van der Waals surface area (Å²) >= 11 is 11.9. The van der Waals surface area contributed by atoms with Crippen molar-refractivity contribution in [3.63, 3.8) is 0 Å². The Balaban J connectivity index is 0.000000586. The molecule has 2 aromatic carbocycles. The molecule has 182 valence electrons. The van der Waals surface area contributed by atoms with Crippen molar-refractivity contribution in [3.8, 4) is 0 Å². The highest BCUT2D eigenvalue weighted by Gasteiger charge is 2.30. The third-order valence-corrected chi connectivity index (χ3v) is 4.69. The van der Waals surface area contributed by atoms with Gasteiger partial charge >= 0.3 is 5.97 Å². The third kappa shape index (κ3) is 9.42. The first-order valence-corrected chi connectivity index (χ1v) is 11.1. The molecule has 1 amide bonds. The van der Waals surface area contributed by atoms with E-state index in [4.69, 9.17) is 28.9 Å². The Morgan fingerprint density at radius 2 is 1.70 bits per heavy atom. The Morgan fingerprint density at radius 3 is 2.21 bits per heavy atom. The summed E-state index contributed by atoms with van der Waals surface area (Å²) in [4.78, 5) is 21.7. The lowest BCUT2D eigenvalue weighted by atomic mass is 9.89. The summed E-state index contributed by atoms with van der Waals surface area (Å²) < 4.78 is 16.8. The van der Waals surface area contributed by atoms with Crippen molar-refractivity contribution in [1.29, 1.82) is 0 Å². The van der Waals surface area contributed by atoms with Crippen LogP contribution in [-0.4, -0.2) is 24.1 Å². The molecule has 1 unspecified atom stereocenters. The maximum atomic E-state index is 12.5. The van der Waals surface area contributed by atoms with Crippen LogP contribution in [0.5, 0.6) is 0 Å². The Hall–Kier alpha value is -2.61. The molecule has 33 heavy (non-hydrogen) atoms. The molecule has 0 spiro atoms. The van der Waals surface area contributed by atoms with Gasteiger partial charge in [0.1, 0.15) is 11.4 Å². The zero-order chi connectivity index (χ0) is 25.8. The second kappa shape index (κ2) is 14.5. The van der Waals surface area contributed by atoms with Gasteiger partial charge in [-0.3, -0.25) is 4.79 Å². The number of amides is 1. The summed E-state index contributed by atoms with van der Waals surface area (Å²) in [6, 6.07) is 8.57. The van der Waals surface area contributed by atoms with Crippen LogP contribution >= 0.6 is 23.2 Å². The van der Waals surface area contributed by atoms with Crippen LogP contribution in [0, 0.1) is 5.82 Å². The van der Waals surface area contributed by atoms with E-state index >= 15 is 0 Å². The predicted molar refractivity (Wildman–Crippen MR) is 132 cm³/mol. The fourth-order valence-electron chi connectivity index (χ4n) is 2.71. The maximum absolute atomic E-state index is 12.5. The molecule has 9 heteroatoms. The summed E-state index contributed by atoms with van der Waals surface area (Å²) in [5, 5.41) is 14.1. The minimum absolute atomic E-state index is 0.0236. The molecule has 4 N–H and O–H groups in total. The first kappa shape index (κ1) is 30.4. The number of benzene rings is 2. The summed E-state index contributed by atoms with van der Waals surface area (Å²) in [6.45, 7) is 9.61. The minimum Gasteiger partial charge on any atom is -0.465 e. The van der Waals surface area contributed by atoms with Gasteiger partial charge in [-0.2, -0.15) is 0 Å². The molecule has 3 rings (SSSR count). The van der Waals surface area contributed by atoms with E-state index in [0.717, 1.165) is 6.07 Å². The van der Waals surface area contributed by atoms with E-state index in [1.54, 1.807) is 25.1 Å². The van der Waals surface area contributed by atoms with Crippen LogP contribution in [0.4, 0.5) is 10.1 Å². The van der Waals surface area contributed by atoms with Crippen LogP contribution in [0.15, 0.2) is 48.2 Å². The lowest BCUT2D eigenvalue weighted by Gasteiger charge is -2.30. The number of rotatable bonds is 3. The number of carbonyl (C=O) groups is 2. The summed E-state index contributed by atoms with van der Waals surface area (Å²) in [6.07, 6.45) is 1.57. The van der Waals surface area contributed by atoms with E-state index in [1.165, 1.54) is 25.3 Å². The molecule has 0 fully saturated rings. The Labute approximate surface area is 204 Å². The number of nitrogens with two attached hydrogens (primary N) is 1. The molecule has 0 saturated carbocycles. The molecule has 1 aliphatic heterocycles. The van der Waals surface area contributed by atoms with Crippen molar-refractivity contribution in [2.45, 2.75) is 46.6 Å². The highest BCUT2D eigenvalue weighted by molar-refractivity contribution is 6.42. The molecule has 0 aromatic heterocycles. The average Bonchev–Trinajstić information content (AvgIpc) is 2.77. The Morgan fingerprint density at radius 1 is 1.12 bits per heavy atom. The number of aliphatic hydroxyl groups is 1. The van der Waals surface area contributed by atoms with Crippen LogP contribution in [0.1, 0.15) is 57.0 Å². The summed E-state index contributed by atoms with van der Waals surface area (Å²) in [5.74, 6) is -1.44. The van der Waals surface area contributed by atoms with Gasteiger partial charge in [0, 0.05) is 16.9 Å². The fraction of sp³-hybridized carbons (Fsp3) is 0.333. The first-order chi connectivity index (χ1) is 15.5. The smallest absolute Gasteiger partial charge is 0.337 e. The van der Waals surface area contributed by atoms with Crippen LogP contribution in [0.2, 0.25) is 10.0 Å². The highest BCUT2D eigenvalue weighted by Crippen LogP contribution is 2.40. The van der Waals surface area contributed by atoms with Gasteiger partial charge in [-0.1, -0.05) is 57.0 Å². The number of esters is 1. The number of nitrogens with one attached hydrogen (secondary N) is 1. The van der Waals surface area contributed by atoms with E-state index in [2.05, 4.69) is 10.1 Å². The molecule has 1 heterocycles. The Kier molecular flexibility index (Phi) is 13.4. The van der Waals surface area contributed by atoms with Crippen molar-refractivity contribution in [1.82, 2.24) is 0 Å². The summed E-state index contributed by atoms with van der Waals surface area (Å²) in [7, 11) is 1.26. The number of primary amides is 1. The second-order valence-electron chi connectivity index (χ2n) is 6.40. The molecule has 0 saturated heterocycles. The SMILES string of the molecule is CC.CC.CC1(O)C=C(CC(N)=O)Nc2cc(Cl)c(Cl)cc21.COC(=O)c1cccc(F)c1. The van der Waals surface area contributed by atoms with Crippen LogP contribution in [-0.2, 0) is 15.1 Å². The molecule has 1 atom stereocenters. The minimum atomic E-state index is -1.22. The Bertz CT molecular complexity index is 979. The van der Waals surface area contributed by atoms with Gasteiger partial charge in [-0.05, 0) is 43.3 Å².